The lowest BCUT2D eigenvalue weighted by molar-refractivity contribution is -0.151. The van der Waals surface area contributed by atoms with Crippen molar-refractivity contribution in [3.63, 3.8) is 0 Å². The minimum absolute atomic E-state index is 0.0808. The maximum absolute atomic E-state index is 14.2. The van der Waals surface area contributed by atoms with Crippen molar-refractivity contribution in [1.29, 1.82) is 0 Å². The van der Waals surface area contributed by atoms with E-state index >= 15 is 0 Å². The largest absolute Gasteiger partial charge is 0.464 e. The number of esters is 2. The molecule has 0 aromatic heterocycles. The molecule has 2 saturated heterocycles. The standard InChI is InChI=1S/C34H41F2NO4S.C27H35F2NO4S/c1-32(2,3)25-41-31(38)34(20-22-37(23-21-34)24-27-8-6-5-7-9-27)42(39,40)30-16-14-29(15-17-30)28-12-10-26(11-13-28)18-19-33(4,35)36;1-25(2,3)19-34-24(31)27(15-17-30-18-16-27)35(32,33)23-11-9-22(10-12-23)21-7-5-20(6-8-21)13-14-26(4,28)29/h5-17H,18-25H2,1-4H3;5-12,30H,13-19H2,1-4H3. The minimum Gasteiger partial charge on any atom is -0.464 e. The van der Waals surface area contributed by atoms with Crippen LogP contribution in [0.25, 0.3) is 22.3 Å². The number of hydrogen-bond donors (Lipinski definition) is 1. The van der Waals surface area contributed by atoms with Gasteiger partial charge in [0.25, 0.3) is 0 Å². The van der Waals surface area contributed by atoms with Gasteiger partial charge in [-0.1, -0.05) is 145 Å². The fourth-order valence-electron chi connectivity index (χ4n) is 9.30. The molecule has 0 spiro atoms. The van der Waals surface area contributed by atoms with Crippen LogP contribution in [-0.2, 0) is 58.1 Å². The van der Waals surface area contributed by atoms with Gasteiger partial charge < -0.3 is 14.8 Å². The molecule has 16 heteroatoms. The Morgan fingerprint density at radius 3 is 1.17 bits per heavy atom. The zero-order chi connectivity index (χ0) is 56.5. The van der Waals surface area contributed by atoms with Gasteiger partial charge in [-0.3, -0.25) is 14.5 Å². The smallest absolute Gasteiger partial charge is 0.327 e. The lowest BCUT2D eigenvalue weighted by Crippen LogP contribution is -2.55. The summed E-state index contributed by atoms with van der Waals surface area (Å²) in [6.07, 6.45) is 0.713. The van der Waals surface area contributed by atoms with Crippen LogP contribution in [0.2, 0.25) is 0 Å². The lowest BCUT2D eigenvalue weighted by Gasteiger charge is -2.39. The molecule has 1 N–H and O–H groups in total. The maximum Gasteiger partial charge on any atom is 0.327 e. The van der Waals surface area contributed by atoms with E-state index in [0.717, 1.165) is 52.8 Å². The highest BCUT2D eigenvalue weighted by molar-refractivity contribution is 7.94. The molecule has 0 bridgehead atoms. The average Bonchev–Trinajstić information content (AvgIpc) is 3.39. The molecular formula is C61H76F4N2O8S2. The second-order valence-electron chi connectivity index (χ2n) is 23.4. The number of alkyl halides is 4. The zero-order valence-electron chi connectivity index (χ0n) is 45.8. The third kappa shape index (κ3) is 16.3. The molecule has 2 aliphatic rings. The van der Waals surface area contributed by atoms with Crippen molar-refractivity contribution >= 4 is 31.6 Å². The van der Waals surface area contributed by atoms with Gasteiger partial charge in [0.05, 0.1) is 23.0 Å². The number of sulfone groups is 2. The van der Waals surface area contributed by atoms with Gasteiger partial charge in [-0.2, -0.15) is 0 Å². The van der Waals surface area contributed by atoms with Gasteiger partial charge in [-0.05, 0) is 140 Å². The van der Waals surface area contributed by atoms with E-state index in [-0.39, 0.29) is 85.2 Å². The molecule has 7 rings (SSSR count). The number of carbonyl (C=O) groups is 2. The van der Waals surface area contributed by atoms with E-state index in [0.29, 0.717) is 32.7 Å². The molecule has 0 atom stereocenters. The molecule has 10 nitrogen and oxygen atoms in total. The summed E-state index contributed by atoms with van der Waals surface area (Å²) in [5.74, 6) is -6.79. The Balaban J connectivity index is 0.000000254. The quantitative estimate of drug-likeness (QED) is 0.0667. The van der Waals surface area contributed by atoms with Crippen molar-refractivity contribution in [2.75, 3.05) is 39.4 Å². The number of nitrogens with one attached hydrogen (secondary N) is 1. The van der Waals surface area contributed by atoms with Crippen LogP contribution >= 0.6 is 0 Å². The Labute approximate surface area is 454 Å². The van der Waals surface area contributed by atoms with Crippen LogP contribution in [0.4, 0.5) is 17.6 Å². The Bertz CT molecular complexity index is 2950. The van der Waals surface area contributed by atoms with E-state index in [2.05, 4.69) is 10.2 Å². The van der Waals surface area contributed by atoms with Gasteiger partial charge in [0.1, 0.15) is 0 Å². The number of piperidine rings is 2. The van der Waals surface area contributed by atoms with Crippen LogP contribution in [0.1, 0.15) is 111 Å². The fourth-order valence-corrected chi connectivity index (χ4v) is 13.2. The summed E-state index contributed by atoms with van der Waals surface area (Å²) in [6.45, 7) is 16.1. The van der Waals surface area contributed by atoms with Gasteiger partial charge in [-0.15, -0.1) is 0 Å². The predicted molar refractivity (Wildman–Crippen MR) is 295 cm³/mol. The number of aryl methyl sites for hydroxylation is 2. The van der Waals surface area contributed by atoms with E-state index < -0.39 is 53.0 Å². The van der Waals surface area contributed by atoms with E-state index in [1.807, 2.05) is 108 Å². The number of benzene rings is 5. The molecule has 2 fully saturated rings. The fraction of sp³-hybridized carbons (Fsp3) is 0.475. The van der Waals surface area contributed by atoms with E-state index in [1.165, 1.54) is 12.1 Å². The molecule has 0 unspecified atom stereocenters. The summed E-state index contributed by atoms with van der Waals surface area (Å²) in [7, 11) is -8.09. The number of halogens is 4. The van der Waals surface area contributed by atoms with E-state index in [4.69, 9.17) is 9.47 Å². The SMILES string of the molecule is CC(C)(C)COC(=O)C1(S(=O)(=O)c2ccc(-c3ccc(CCC(C)(F)F)cc3)cc2)CCN(Cc2ccccc2)CC1.CC(C)(C)COC(=O)C1(S(=O)(=O)c2ccc(-c3ccc(CCC(C)(F)F)cc3)cc2)CCNCC1. The lowest BCUT2D eigenvalue weighted by atomic mass is 9.94. The Morgan fingerprint density at radius 2 is 0.831 bits per heavy atom. The first-order valence-corrected chi connectivity index (χ1v) is 29.3. The zero-order valence-corrected chi connectivity index (χ0v) is 47.4. The number of carbonyl (C=O) groups excluding carboxylic acids is 2. The monoisotopic (exact) mass is 1100 g/mol. The number of rotatable bonds is 18. The van der Waals surface area contributed by atoms with E-state index in [1.54, 1.807) is 48.5 Å². The molecule has 5 aromatic carbocycles. The molecule has 0 saturated carbocycles. The van der Waals surface area contributed by atoms with Gasteiger partial charge in [0, 0.05) is 32.5 Å². The highest BCUT2D eigenvalue weighted by Crippen LogP contribution is 2.40. The molecule has 418 valence electrons. The van der Waals surface area contributed by atoms with Crippen LogP contribution in [0, 0.1) is 10.8 Å². The normalized spacial score (nSPS) is 16.4. The first-order chi connectivity index (χ1) is 35.9. The van der Waals surface area contributed by atoms with Crippen molar-refractivity contribution < 1.29 is 53.5 Å². The molecule has 77 heavy (non-hydrogen) atoms. The molecule has 2 aliphatic heterocycles. The first-order valence-electron chi connectivity index (χ1n) is 26.4. The third-order valence-corrected chi connectivity index (χ3v) is 19.0. The average molecular weight is 1110 g/mol. The van der Waals surface area contributed by atoms with Gasteiger partial charge in [0.15, 0.2) is 29.2 Å². The van der Waals surface area contributed by atoms with Gasteiger partial charge in [-0.25, -0.2) is 34.4 Å². The van der Waals surface area contributed by atoms with Gasteiger partial charge in [0.2, 0.25) is 11.8 Å². The topological polar surface area (TPSA) is 136 Å². The summed E-state index contributed by atoms with van der Waals surface area (Å²) in [4.78, 5) is 29.1. The summed E-state index contributed by atoms with van der Waals surface area (Å²) < 4.78 is 116. The highest BCUT2D eigenvalue weighted by atomic mass is 32.2. The summed E-state index contributed by atoms with van der Waals surface area (Å²) in [6, 6.07) is 37.6. The summed E-state index contributed by atoms with van der Waals surface area (Å²) in [5.41, 5.74) is 5.47. The Hall–Kier alpha value is -5.42. The van der Waals surface area contributed by atoms with Crippen LogP contribution in [0.5, 0.6) is 0 Å². The molecular weight excluding hydrogens is 1030 g/mol. The van der Waals surface area contributed by atoms with Crippen LogP contribution in [-0.4, -0.2) is 94.4 Å². The maximum atomic E-state index is 14.2. The number of ether oxygens (including phenoxy) is 2. The minimum atomic E-state index is -4.09. The third-order valence-electron chi connectivity index (χ3n) is 14.0. The first kappa shape index (κ1) is 60.8. The summed E-state index contributed by atoms with van der Waals surface area (Å²) in [5, 5.41) is 3.13. The second kappa shape index (κ2) is 24.7. The van der Waals surface area contributed by atoms with Crippen molar-refractivity contribution in [3.05, 3.63) is 144 Å². The number of hydrogen-bond acceptors (Lipinski definition) is 10. The molecule has 0 aliphatic carbocycles. The molecule has 2 heterocycles. The predicted octanol–water partition coefficient (Wildman–Crippen LogP) is 12.8. The second-order valence-corrected chi connectivity index (χ2v) is 27.9. The van der Waals surface area contributed by atoms with Crippen molar-refractivity contribution in [2.45, 2.75) is 144 Å². The Kier molecular flexibility index (Phi) is 19.5. The van der Waals surface area contributed by atoms with Crippen LogP contribution in [0.15, 0.2) is 137 Å². The van der Waals surface area contributed by atoms with Gasteiger partial charge >= 0.3 is 11.9 Å². The Morgan fingerprint density at radius 1 is 0.494 bits per heavy atom. The van der Waals surface area contributed by atoms with Crippen LogP contribution < -0.4 is 5.32 Å². The highest BCUT2D eigenvalue weighted by Gasteiger charge is 2.55. The molecule has 5 aromatic rings. The van der Waals surface area contributed by atoms with Crippen molar-refractivity contribution in [2.24, 2.45) is 10.8 Å². The van der Waals surface area contributed by atoms with Crippen molar-refractivity contribution in [1.82, 2.24) is 10.2 Å². The van der Waals surface area contributed by atoms with Crippen molar-refractivity contribution in [3.8, 4) is 22.3 Å². The number of likely N-dealkylation sites (tertiary alicyclic amines) is 1. The molecule has 0 radical (unpaired) electrons. The molecule has 0 amide bonds. The summed E-state index contributed by atoms with van der Waals surface area (Å²) >= 11 is 0. The number of nitrogens with zero attached hydrogens (tertiary/aromatic N) is 1. The van der Waals surface area contributed by atoms with Crippen LogP contribution in [0.3, 0.4) is 0 Å². The van der Waals surface area contributed by atoms with E-state index in [9.17, 15) is 44.0 Å².